The van der Waals surface area contributed by atoms with Gasteiger partial charge in [0.25, 0.3) is 0 Å². The zero-order chi connectivity index (χ0) is 10.4. The van der Waals surface area contributed by atoms with Crippen molar-refractivity contribution in [2.24, 2.45) is 10.9 Å². The summed E-state index contributed by atoms with van der Waals surface area (Å²) >= 11 is 0. The van der Waals surface area contributed by atoms with Gasteiger partial charge in [-0.25, -0.2) is 0 Å². The number of nitrogens with zero attached hydrogens (tertiary/aromatic N) is 1. The van der Waals surface area contributed by atoms with E-state index in [0.717, 1.165) is 25.7 Å². The Labute approximate surface area is 84.0 Å². The van der Waals surface area contributed by atoms with Crippen LogP contribution in [0.15, 0.2) is 4.99 Å². The molecular weight excluding hydrogens is 182 g/mol. The maximum Gasteiger partial charge on any atom is 0.327 e. The van der Waals surface area contributed by atoms with Gasteiger partial charge in [0, 0.05) is 12.1 Å². The van der Waals surface area contributed by atoms with E-state index in [1.807, 2.05) is 0 Å². The highest BCUT2D eigenvalue weighted by Gasteiger charge is 2.20. The molecule has 0 amide bonds. The fourth-order valence-corrected chi connectivity index (χ4v) is 1.64. The first-order valence-corrected chi connectivity index (χ1v) is 4.99. The molecule has 80 valence electrons. The van der Waals surface area contributed by atoms with Gasteiger partial charge in [-0.1, -0.05) is 12.8 Å². The van der Waals surface area contributed by atoms with Gasteiger partial charge < -0.3 is 9.84 Å². The van der Waals surface area contributed by atoms with Gasteiger partial charge in [-0.2, -0.15) is 0 Å². The predicted octanol–water partition coefficient (Wildman–Crippen LogP) is 0.781. The topological polar surface area (TPSA) is 58.9 Å². The first-order chi connectivity index (χ1) is 6.74. The summed E-state index contributed by atoms with van der Waals surface area (Å²) in [5.74, 6) is -0.222. The number of methoxy groups -OCH3 is 1. The Hall–Kier alpha value is -0.900. The largest absolute Gasteiger partial charge is 0.468 e. The summed E-state index contributed by atoms with van der Waals surface area (Å²) in [7, 11) is 1.34. The Morgan fingerprint density at radius 2 is 2.29 bits per heavy atom. The summed E-state index contributed by atoms with van der Waals surface area (Å²) in [6.07, 6.45) is 5.43. The highest BCUT2D eigenvalue weighted by molar-refractivity contribution is 5.74. The fraction of sp³-hybridized carbons (Fsp3) is 0.800. The summed E-state index contributed by atoms with van der Waals surface area (Å²) in [6, 6.07) is 0. The lowest BCUT2D eigenvalue weighted by molar-refractivity contribution is -0.138. The molecule has 0 aromatic heterocycles. The van der Waals surface area contributed by atoms with Crippen LogP contribution in [0.4, 0.5) is 0 Å². The number of ether oxygens (including phenoxy) is 1. The van der Waals surface area contributed by atoms with Crippen LogP contribution in [-0.4, -0.2) is 37.0 Å². The third-order valence-electron chi connectivity index (χ3n) is 2.53. The van der Waals surface area contributed by atoms with Gasteiger partial charge in [-0.15, -0.1) is 0 Å². The summed E-state index contributed by atoms with van der Waals surface area (Å²) in [6.45, 7) is 0.0553. The number of aliphatic hydroxyl groups is 1. The molecule has 0 saturated heterocycles. The van der Waals surface area contributed by atoms with Gasteiger partial charge in [0.15, 0.2) is 0 Å². The van der Waals surface area contributed by atoms with Crippen molar-refractivity contribution >= 4 is 12.2 Å². The van der Waals surface area contributed by atoms with Crippen LogP contribution in [0.2, 0.25) is 0 Å². The average molecular weight is 199 g/mol. The predicted molar refractivity (Wildman–Crippen MR) is 53.3 cm³/mol. The number of hydrogen-bond acceptors (Lipinski definition) is 4. The molecule has 4 nitrogen and oxygen atoms in total. The maximum atomic E-state index is 10.7. The minimum atomic E-state index is -0.341. The molecule has 1 N–H and O–H groups in total. The molecule has 0 spiro atoms. The van der Waals surface area contributed by atoms with Crippen LogP contribution in [0.1, 0.15) is 25.7 Å². The third-order valence-corrected chi connectivity index (χ3v) is 2.53. The van der Waals surface area contributed by atoms with Crippen molar-refractivity contribution in [2.45, 2.75) is 31.8 Å². The molecule has 4 heteroatoms. The molecule has 0 aromatic rings. The van der Waals surface area contributed by atoms with Gasteiger partial charge in [0.2, 0.25) is 0 Å². The number of esters is 1. The quantitative estimate of drug-likeness (QED) is 0.540. The molecule has 2 unspecified atom stereocenters. The number of hydrogen-bond donors (Lipinski definition) is 1. The fourth-order valence-electron chi connectivity index (χ4n) is 1.64. The lowest BCUT2D eigenvalue weighted by Gasteiger charge is -2.23. The van der Waals surface area contributed by atoms with Crippen LogP contribution in [0.5, 0.6) is 0 Å². The Bertz CT molecular complexity index is 215. The first kappa shape index (κ1) is 11.2. The summed E-state index contributed by atoms with van der Waals surface area (Å²) < 4.78 is 4.45. The standard InChI is InChI=1S/C10H17NO3/c1-14-10(13)7-11-6-8-4-2-3-5-9(8)12/h6,8-9,12H,2-5,7H2,1H3. The van der Waals surface area contributed by atoms with Crippen molar-refractivity contribution in [3.63, 3.8) is 0 Å². The van der Waals surface area contributed by atoms with Gasteiger partial charge in [0.05, 0.1) is 13.2 Å². The zero-order valence-corrected chi connectivity index (χ0v) is 8.48. The Balaban J connectivity index is 2.30. The van der Waals surface area contributed by atoms with Crippen molar-refractivity contribution in [1.29, 1.82) is 0 Å². The van der Waals surface area contributed by atoms with Crippen molar-refractivity contribution in [3.8, 4) is 0 Å². The van der Waals surface area contributed by atoms with Gasteiger partial charge >= 0.3 is 5.97 Å². The van der Waals surface area contributed by atoms with E-state index in [1.165, 1.54) is 7.11 Å². The van der Waals surface area contributed by atoms with E-state index in [9.17, 15) is 9.90 Å². The second-order valence-electron chi connectivity index (χ2n) is 3.58. The summed E-state index contributed by atoms with van der Waals surface area (Å²) in [4.78, 5) is 14.7. The Kier molecular flexibility index (Phi) is 4.59. The number of rotatable bonds is 3. The third kappa shape index (κ3) is 3.46. The van der Waals surface area contributed by atoms with E-state index >= 15 is 0 Å². The van der Waals surface area contributed by atoms with Crippen LogP contribution < -0.4 is 0 Å². The number of aliphatic imine (C=N–C) groups is 1. The Morgan fingerprint density at radius 1 is 1.57 bits per heavy atom. The van der Waals surface area contributed by atoms with E-state index in [1.54, 1.807) is 6.21 Å². The lowest BCUT2D eigenvalue weighted by atomic mass is 9.87. The molecule has 0 heterocycles. The lowest BCUT2D eigenvalue weighted by Crippen LogP contribution is -2.25. The van der Waals surface area contributed by atoms with Crippen LogP contribution in [0.3, 0.4) is 0 Å². The number of carbonyl (C=O) groups excluding carboxylic acids is 1. The summed E-state index contributed by atoms with van der Waals surface area (Å²) in [5.41, 5.74) is 0. The first-order valence-electron chi connectivity index (χ1n) is 4.99. The molecule has 1 aliphatic carbocycles. The van der Waals surface area contributed by atoms with Crippen molar-refractivity contribution in [2.75, 3.05) is 13.7 Å². The molecule has 0 aromatic carbocycles. The maximum absolute atomic E-state index is 10.7. The molecule has 0 aliphatic heterocycles. The van der Waals surface area contributed by atoms with Crippen molar-refractivity contribution < 1.29 is 14.6 Å². The van der Waals surface area contributed by atoms with Crippen LogP contribution >= 0.6 is 0 Å². The zero-order valence-electron chi connectivity index (χ0n) is 8.48. The van der Waals surface area contributed by atoms with E-state index < -0.39 is 0 Å². The minimum Gasteiger partial charge on any atom is -0.468 e. The molecule has 1 rings (SSSR count). The number of aliphatic hydroxyl groups excluding tert-OH is 1. The molecule has 1 aliphatic rings. The number of carbonyl (C=O) groups is 1. The average Bonchev–Trinajstić information content (AvgIpc) is 2.20. The molecule has 0 radical (unpaired) electrons. The second-order valence-corrected chi connectivity index (χ2v) is 3.58. The van der Waals surface area contributed by atoms with Gasteiger partial charge in [-0.3, -0.25) is 9.79 Å². The van der Waals surface area contributed by atoms with Crippen LogP contribution in [0.25, 0.3) is 0 Å². The molecule has 1 fully saturated rings. The van der Waals surface area contributed by atoms with Crippen molar-refractivity contribution in [1.82, 2.24) is 0 Å². The van der Waals surface area contributed by atoms with Gasteiger partial charge in [0.1, 0.15) is 6.54 Å². The van der Waals surface area contributed by atoms with E-state index in [4.69, 9.17) is 0 Å². The SMILES string of the molecule is COC(=O)CN=CC1CCCCC1O. The summed E-state index contributed by atoms with van der Waals surface area (Å²) in [5, 5.41) is 9.58. The molecule has 0 bridgehead atoms. The highest BCUT2D eigenvalue weighted by atomic mass is 16.5. The minimum absolute atomic E-state index is 0.0553. The van der Waals surface area contributed by atoms with E-state index in [2.05, 4.69) is 9.73 Å². The van der Waals surface area contributed by atoms with Crippen LogP contribution in [0, 0.1) is 5.92 Å². The molecular formula is C10H17NO3. The molecule has 1 saturated carbocycles. The van der Waals surface area contributed by atoms with Gasteiger partial charge in [-0.05, 0) is 12.8 Å². The Morgan fingerprint density at radius 3 is 2.93 bits per heavy atom. The second kappa shape index (κ2) is 5.75. The molecule has 2 atom stereocenters. The highest BCUT2D eigenvalue weighted by Crippen LogP contribution is 2.22. The van der Waals surface area contributed by atoms with Crippen molar-refractivity contribution in [3.05, 3.63) is 0 Å². The monoisotopic (exact) mass is 199 g/mol. The normalized spacial score (nSPS) is 27.9. The smallest absolute Gasteiger partial charge is 0.327 e. The van der Waals surface area contributed by atoms with E-state index in [0.29, 0.717) is 0 Å². The van der Waals surface area contributed by atoms with Crippen LogP contribution in [-0.2, 0) is 9.53 Å². The van der Waals surface area contributed by atoms with E-state index in [-0.39, 0.29) is 24.5 Å². The molecule has 14 heavy (non-hydrogen) atoms.